The Hall–Kier alpha value is -1.96. The first kappa shape index (κ1) is 14.0. The maximum Gasteiger partial charge on any atom is 0.220 e. The van der Waals surface area contributed by atoms with Crippen molar-refractivity contribution in [2.24, 2.45) is 7.05 Å². The number of amides is 1. The van der Waals surface area contributed by atoms with Crippen LogP contribution in [-0.4, -0.2) is 31.1 Å². The molecule has 112 valence electrons. The van der Waals surface area contributed by atoms with Gasteiger partial charge >= 0.3 is 0 Å². The molecular formula is C13H18N6OS. The SMILES string of the molecule is CCc1nsc(N[C@@H]2CCC(=O)N[C@H]2c2cnn(C)c2)n1. The molecule has 1 fully saturated rings. The van der Waals surface area contributed by atoms with Gasteiger partial charge in [-0.05, 0) is 6.42 Å². The molecule has 0 bridgehead atoms. The Labute approximate surface area is 126 Å². The van der Waals surface area contributed by atoms with Crippen molar-refractivity contribution in [3.63, 3.8) is 0 Å². The van der Waals surface area contributed by atoms with Crippen LogP contribution in [0.3, 0.4) is 0 Å². The van der Waals surface area contributed by atoms with E-state index in [1.54, 1.807) is 10.9 Å². The Balaban J connectivity index is 1.79. The molecule has 1 saturated heterocycles. The Morgan fingerprint density at radius 1 is 1.57 bits per heavy atom. The molecule has 3 rings (SSSR count). The van der Waals surface area contributed by atoms with Crippen molar-refractivity contribution in [1.82, 2.24) is 24.5 Å². The third kappa shape index (κ3) is 3.05. The highest BCUT2D eigenvalue weighted by atomic mass is 32.1. The first-order valence-corrected chi connectivity index (χ1v) is 7.80. The Morgan fingerprint density at radius 3 is 3.10 bits per heavy atom. The summed E-state index contributed by atoms with van der Waals surface area (Å²) in [7, 11) is 1.87. The van der Waals surface area contributed by atoms with Crippen molar-refractivity contribution < 1.29 is 4.79 Å². The molecular weight excluding hydrogens is 288 g/mol. The van der Waals surface area contributed by atoms with Crippen LogP contribution in [0.5, 0.6) is 0 Å². The second-order valence-electron chi connectivity index (χ2n) is 5.15. The maximum atomic E-state index is 11.7. The van der Waals surface area contributed by atoms with Crippen LogP contribution in [0.15, 0.2) is 12.4 Å². The van der Waals surface area contributed by atoms with E-state index in [0.29, 0.717) is 6.42 Å². The maximum absolute atomic E-state index is 11.7. The van der Waals surface area contributed by atoms with Gasteiger partial charge in [-0.1, -0.05) is 6.92 Å². The largest absolute Gasteiger partial charge is 0.355 e. The van der Waals surface area contributed by atoms with Crippen LogP contribution in [0.2, 0.25) is 0 Å². The highest BCUT2D eigenvalue weighted by molar-refractivity contribution is 7.09. The fourth-order valence-electron chi connectivity index (χ4n) is 2.49. The summed E-state index contributed by atoms with van der Waals surface area (Å²) in [6, 6.07) is 0.0125. The number of anilines is 1. The van der Waals surface area contributed by atoms with E-state index in [-0.39, 0.29) is 18.0 Å². The van der Waals surface area contributed by atoms with Crippen LogP contribution in [0.25, 0.3) is 0 Å². The van der Waals surface area contributed by atoms with Crippen molar-refractivity contribution in [2.45, 2.75) is 38.3 Å². The number of rotatable bonds is 4. The van der Waals surface area contributed by atoms with Crippen molar-refractivity contribution in [1.29, 1.82) is 0 Å². The molecule has 21 heavy (non-hydrogen) atoms. The van der Waals surface area contributed by atoms with Gasteiger partial charge in [0.15, 0.2) is 0 Å². The van der Waals surface area contributed by atoms with Crippen LogP contribution in [0.1, 0.15) is 37.2 Å². The molecule has 3 heterocycles. The molecule has 2 N–H and O–H groups in total. The average molecular weight is 306 g/mol. The van der Waals surface area contributed by atoms with E-state index in [1.165, 1.54) is 11.5 Å². The van der Waals surface area contributed by atoms with Gasteiger partial charge < -0.3 is 10.6 Å². The molecule has 1 aliphatic heterocycles. The number of nitrogens with zero attached hydrogens (tertiary/aromatic N) is 4. The Morgan fingerprint density at radius 2 is 2.43 bits per heavy atom. The Bertz CT molecular complexity index is 636. The zero-order valence-corrected chi connectivity index (χ0v) is 12.9. The molecule has 0 radical (unpaired) electrons. The molecule has 1 amide bonds. The highest BCUT2D eigenvalue weighted by Gasteiger charge is 2.31. The van der Waals surface area contributed by atoms with Crippen LogP contribution in [0, 0.1) is 0 Å². The topological polar surface area (TPSA) is 84.7 Å². The minimum atomic E-state index is -0.0890. The lowest BCUT2D eigenvalue weighted by Gasteiger charge is -2.32. The minimum Gasteiger partial charge on any atom is -0.355 e. The summed E-state index contributed by atoms with van der Waals surface area (Å²) in [6.07, 6.45) is 5.84. The van der Waals surface area contributed by atoms with E-state index in [4.69, 9.17) is 0 Å². The van der Waals surface area contributed by atoms with Crippen molar-refractivity contribution >= 4 is 22.6 Å². The fraction of sp³-hybridized carbons (Fsp3) is 0.538. The van der Waals surface area contributed by atoms with E-state index in [9.17, 15) is 4.79 Å². The number of aromatic nitrogens is 4. The zero-order valence-electron chi connectivity index (χ0n) is 12.0. The number of carbonyl (C=O) groups is 1. The summed E-state index contributed by atoms with van der Waals surface area (Å²) < 4.78 is 6.02. The first-order valence-electron chi connectivity index (χ1n) is 7.02. The van der Waals surface area contributed by atoms with Crippen molar-refractivity contribution in [3.8, 4) is 0 Å². The summed E-state index contributed by atoms with van der Waals surface area (Å²) in [6.45, 7) is 2.03. The molecule has 7 nitrogen and oxygen atoms in total. The van der Waals surface area contributed by atoms with Crippen LogP contribution < -0.4 is 10.6 Å². The summed E-state index contributed by atoms with van der Waals surface area (Å²) in [5, 5.41) is 11.4. The van der Waals surface area contributed by atoms with E-state index >= 15 is 0 Å². The van der Waals surface area contributed by atoms with Crippen molar-refractivity contribution in [2.75, 3.05) is 5.32 Å². The quantitative estimate of drug-likeness (QED) is 0.888. The molecule has 2 aromatic rings. The summed E-state index contributed by atoms with van der Waals surface area (Å²) in [5.41, 5.74) is 1.00. The monoisotopic (exact) mass is 306 g/mol. The molecule has 8 heteroatoms. The second kappa shape index (κ2) is 5.80. The van der Waals surface area contributed by atoms with Crippen LogP contribution >= 0.6 is 11.5 Å². The lowest BCUT2D eigenvalue weighted by atomic mass is 9.94. The predicted molar refractivity (Wildman–Crippen MR) is 80.0 cm³/mol. The second-order valence-corrected chi connectivity index (χ2v) is 5.90. The lowest BCUT2D eigenvalue weighted by molar-refractivity contribution is -0.123. The molecule has 2 aromatic heterocycles. The van der Waals surface area contributed by atoms with E-state index < -0.39 is 0 Å². The minimum absolute atomic E-state index is 0.0772. The normalized spacial score (nSPS) is 22.1. The number of hydrogen-bond donors (Lipinski definition) is 2. The van der Waals surface area contributed by atoms with Crippen LogP contribution in [0.4, 0.5) is 5.13 Å². The Kier molecular flexibility index (Phi) is 3.87. The smallest absolute Gasteiger partial charge is 0.220 e. The molecule has 0 aromatic carbocycles. The molecule has 0 unspecified atom stereocenters. The van der Waals surface area contributed by atoms with Gasteiger partial charge in [-0.3, -0.25) is 9.48 Å². The van der Waals surface area contributed by atoms with Crippen molar-refractivity contribution in [3.05, 3.63) is 23.8 Å². The number of carbonyl (C=O) groups excluding carboxylic acids is 1. The van der Waals surface area contributed by atoms with Gasteiger partial charge in [-0.25, -0.2) is 4.98 Å². The van der Waals surface area contributed by atoms with Gasteiger partial charge in [0.2, 0.25) is 11.0 Å². The average Bonchev–Trinajstić information content (AvgIpc) is 3.10. The van der Waals surface area contributed by atoms with Gasteiger partial charge in [0.25, 0.3) is 0 Å². The number of nitrogens with one attached hydrogen (secondary N) is 2. The van der Waals surface area contributed by atoms with Gasteiger partial charge in [0.1, 0.15) is 5.82 Å². The zero-order chi connectivity index (χ0) is 14.8. The van der Waals surface area contributed by atoms with Gasteiger partial charge in [-0.2, -0.15) is 9.47 Å². The summed E-state index contributed by atoms with van der Waals surface area (Å²) in [4.78, 5) is 16.1. The molecule has 0 saturated carbocycles. The number of hydrogen-bond acceptors (Lipinski definition) is 6. The van der Waals surface area contributed by atoms with E-state index in [0.717, 1.165) is 29.4 Å². The van der Waals surface area contributed by atoms with Crippen LogP contribution in [-0.2, 0) is 18.3 Å². The third-order valence-electron chi connectivity index (χ3n) is 3.58. The number of aryl methyl sites for hydroxylation is 2. The number of piperidine rings is 1. The van der Waals surface area contributed by atoms with E-state index in [1.807, 2.05) is 20.2 Å². The molecule has 2 atom stereocenters. The lowest BCUT2D eigenvalue weighted by Crippen LogP contribution is -2.45. The standard InChI is InChI=1S/C13H18N6OS/c1-3-10-16-13(21-18-10)15-9-4-5-11(20)17-12(9)8-6-14-19(2)7-8/h6-7,9,12H,3-5H2,1-2H3,(H,17,20)(H,15,16,18)/t9-,12+/m1/s1. The predicted octanol–water partition coefficient (Wildman–Crippen LogP) is 1.27. The van der Waals surface area contributed by atoms with Gasteiger partial charge in [0, 0.05) is 43.2 Å². The summed E-state index contributed by atoms with van der Waals surface area (Å²) >= 11 is 1.37. The van der Waals surface area contributed by atoms with Gasteiger partial charge in [0.05, 0.1) is 18.3 Å². The van der Waals surface area contributed by atoms with Gasteiger partial charge in [-0.15, -0.1) is 0 Å². The highest BCUT2D eigenvalue weighted by Crippen LogP contribution is 2.27. The third-order valence-corrected chi connectivity index (χ3v) is 4.26. The molecule has 1 aliphatic rings. The molecule has 0 spiro atoms. The van der Waals surface area contributed by atoms with E-state index in [2.05, 4.69) is 25.1 Å². The fourth-order valence-corrected chi connectivity index (χ4v) is 3.20. The first-order chi connectivity index (χ1) is 10.2. The molecule has 0 aliphatic carbocycles. The summed E-state index contributed by atoms with van der Waals surface area (Å²) in [5.74, 6) is 0.925.